The Bertz CT molecular complexity index is 543. The third kappa shape index (κ3) is 1.74. The summed E-state index contributed by atoms with van der Waals surface area (Å²) >= 11 is 0. The van der Waals surface area contributed by atoms with Crippen molar-refractivity contribution in [2.24, 2.45) is 7.05 Å². The lowest BCUT2D eigenvalue weighted by atomic mass is 10.1. The molecule has 4 heteroatoms. The third-order valence-corrected chi connectivity index (χ3v) is 2.45. The summed E-state index contributed by atoms with van der Waals surface area (Å²) in [7, 11) is 1.80. The quantitative estimate of drug-likeness (QED) is 0.716. The lowest BCUT2D eigenvalue weighted by molar-refractivity contribution is 0.102. The molecule has 0 aliphatic heterocycles. The van der Waals surface area contributed by atoms with Crippen LogP contribution in [0, 0.1) is 13.8 Å². The molecule has 4 nitrogen and oxygen atoms in total. The SMILES string of the molecule is Cc1cnc(C(=O)c2nccn2C)c(C)c1. The Labute approximate surface area is 94.0 Å². The normalized spacial score (nSPS) is 10.4. The molecule has 0 atom stereocenters. The minimum absolute atomic E-state index is 0.134. The second-order valence-corrected chi connectivity index (χ2v) is 3.87. The van der Waals surface area contributed by atoms with Gasteiger partial charge in [0, 0.05) is 25.6 Å². The Hall–Kier alpha value is -1.97. The Kier molecular flexibility index (Phi) is 2.56. The Balaban J connectivity index is 2.46. The lowest BCUT2D eigenvalue weighted by Crippen LogP contribution is -2.12. The summed E-state index contributed by atoms with van der Waals surface area (Å²) in [6.45, 7) is 3.84. The number of nitrogens with zero attached hydrogens (tertiary/aromatic N) is 3. The maximum Gasteiger partial charge on any atom is 0.246 e. The molecule has 0 aromatic carbocycles. The molecule has 0 fully saturated rings. The van der Waals surface area contributed by atoms with Crippen LogP contribution < -0.4 is 0 Å². The van der Waals surface area contributed by atoms with Crippen molar-refractivity contribution < 1.29 is 4.79 Å². The van der Waals surface area contributed by atoms with Gasteiger partial charge < -0.3 is 4.57 Å². The molecule has 0 N–H and O–H groups in total. The first-order valence-corrected chi connectivity index (χ1v) is 5.05. The van der Waals surface area contributed by atoms with E-state index in [4.69, 9.17) is 0 Å². The van der Waals surface area contributed by atoms with Gasteiger partial charge in [0.25, 0.3) is 0 Å². The Morgan fingerprint density at radius 1 is 1.31 bits per heavy atom. The van der Waals surface area contributed by atoms with Gasteiger partial charge in [0.05, 0.1) is 0 Å². The number of carbonyl (C=O) groups excluding carboxylic acids is 1. The van der Waals surface area contributed by atoms with E-state index >= 15 is 0 Å². The maximum atomic E-state index is 12.1. The first-order valence-electron chi connectivity index (χ1n) is 5.05. The molecule has 16 heavy (non-hydrogen) atoms. The molecule has 0 radical (unpaired) electrons. The average molecular weight is 215 g/mol. The van der Waals surface area contributed by atoms with Crippen LogP contribution in [0.5, 0.6) is 0 Å². The largest absolute Gasteiger partial charge is 0.331 e. The molecule has 0 spiro atoms. The number of aromatic nitrogens is 3. The van der Waals surface area contributed by atoms with Gasteiger partial charge in [0.15, 0.2) is 5.82 Å². The van der Waals surface area contributed by atoms with Crippen LogP contribution in [0.25, 0.3) is 0 Å². The zero-order chi connectivity index (χ0) is 11.7. The molecule has 0 aliphatic rings. The van der Waals surface area contributed by atoms with E-state index < -0.39 is 0 Å². The van der Waals surface area contributed by atoms with Crippen LogP contribution in [0.2, 0.25) is 0 Å². The molecule has 82 valence electrons. The number of hydrogen-bond acceptors (Lipinski definition) is 3. The van der Waals surface area contributed by atoms with E-state index in [1.54, 1.807) is 30.2 Å². The van der Waals surface area contributed by atoms with Crippen molar-refractivity contribution in [3.8, 4) is 0 Å². The lowest BCUT2D eigenvalue weighted by Gasteiger charge is -2.04. The van der Waals surface area contributed by atoms with Crippen LogP contribution in [-0.2, 0) is 7.05 Å². The summed E-state index contributed by atoms with van der Waals surface area (Å²) in [5.41, 5.74) is 2.40. The minimum atomic E-state index is -0.134. The van der Waals surface area contributed by atoms with E-state index in [-0.39, 0.29) is 5.78 Å². The number of pyridine rings is 1. The van der Waals surface area contributed by atoms with Crippen LogP contribution in [0.1, 0.15) is 27.4 Å². The number of ketones is 1. The zero-order valence-electron chi connectivity index (χ0n) is 9.56. The number of imidazole rings is 1. The van der Waals surface area contributed by atoms with Gasteiger partial charge in [-0.05, 0) is 25.0 Å². The van der Waals surface area contributed by atoms with E-state index in [2.05, 4.69) is 9.97 Å². The Morgan fingerprint density at radius 3 is 2.62 bits per heavy atom. The van der Waals surface area contributed by atoms with Crippen LogP contribution in [0.15, 0.2) is 24.7 Å². The van der Waals surface area contributed by atoms with Gasteiger partial charge >= 0.3 is 0 Å². The molecule has 0 unspecified atom stereocenters. The first-order chi connectivity index (χ1) is 7.59. The molecule has 2 rings (SSSR count). The highest BCUT2D eigenvalue weighted by Crippen LogP contribution is 2.11. The van der Waals surface area contributed by atoms with Gasteiger partial charge in [-0.2, -0.15) is 0 Å². The molecule has 0 saturated carbocycles. The topological polar surface area (TPSA) is 47.8 Å². The third-order valence-electron chi connectivity index (χ3n) is 2.45. The molecular weight excluding hydrogens is 202 g/mol. The summed E-state index contributed by atoms with van der Waals surface area (Å²) in [5, 5.41) is 0. The molecular formula is C12H13N3O. The molecule has 0 bridgehead atoms. The van der Waals surface area contributed by atoms with Crippen molar-refractivity contribution in [2.45, 2.75) is 13.8 Å². The van der Waals surface area contributed by atoms with E-state index in [9.17, 15) is 4.79 Å². The number of aryl methyl sites for hydroxylation is 3. The van der Waals surface area contributed by atoms with Crippen LogP contribution in [0.3, 0.4) is 0 Å². The van der Waals surface area contributed by atoms with Crippen LogP contribution in [-0.4, -0.2) is 20.3 Å². The summed E-state index contributed by atoms with van der Waals surface area (Å²) < 4.78 is 1.70. The summed E-state index contributed by atoms with van der Waals surface area (Å²) in [5.74, 6) is 0.282. The van der Waals surface area contributed by atoms with Gasteiger partial charge in [0.2, 0.25) is 5.78 Å². The van der Waals surface area contributed by atoms with Crippen molar-refractivity contribution in [1.29, 1.82) is 0 Å². The number of carbonyl (C=O) groups is 1. The van der Waals surface area contributed by atoms with Gasteiger partial charge in [-0.25, -0.2) is 4.98 Å². The molecule has 2 heterocycles. The minimum Gasteiger partial charge on any atom is -0.331 e. The number of rotatable bonds is 2. The maximum absolute atomic E-state index is 12.1. The fraction of sp³-hybridized carbons (Fsp3) is 0.250. The summed E-state index contributed by atoms with van der Waals surface area (Å²) in [6, 6.07) is 1.95. The van der Waals surface area contributed by atoms with Crippen molar-refractivity contribution in [3.63, 3.8) is 0 Å². The van der Waals surface area contributed by atoms with Crippen molar-refractivity contribution in [3.05, 3.63) is 47.3 Å². The van der Waals surface area contributed by atoms with Crippen LogP contribution in [0.4, 0.5) is 0 Å². The van der Waals surface area contributed by atoms with Gasteiger partial charge in [-0.15, -0.1) is 0 Å². The second kappa shape index (κ2) is 3.89. The van der Waals surface area contributed by atoms with Crippen LogP contribution >= 0.6 is 0 Å². The Morgan fingerprint density at radius 2 is 2.06 bits per heavy atom. The smallest absolute Gasteiger partial charge is 0.246 e. The average Bonchev–Trinajstić information content (AvgIpc) is 2.63. The molecule has 2 aromatic heterocycles. The van der Waals surface area contributed by atoms with Gasteiger partial charge in [-0.1, -0.05) is 6.07 Å². The highest BCUT2D eigenvalue weighted by atomic mass is 16.1. The first kappa shape index (κ1) is 10.5. The highest BCUT2D eigenvalue weighted by Gasteiger charge is 2.17. The zero-order valence-corrected chi connectivity index (χ0v) is 9.56. The van der Waals surface area contributed by atoms with E-state index in [0.717, 1.165) is 11.1 Å². The van der Waals surface area contributed by atoms with E-state index in [1.807, 2.05) is 19.9 Å². The van der Waals surface area contributed by atoms with E-state index in [1.165, 1.54) is 0 Å². The highest BCUT2D eigenvalue weighted by molar-refractivity contribution is 6.06. The number of hydrogen-bond donors (Lipinski definition) is 0. The van der Waals surface area contributed by atoms with Crippen molar-refractivity contribution >= 4 is 5.78 Å². The van der Waals surface area contributed by atoms with Gasteiger partial charge in [-0.3, -0.25) is 9.78 Å². The molecule has 0 saturated heterocycles. The predicted molar refractivity (Wildman–Crippen MR) is 60.4 cm³/mol. The molecule has 0 amide bonds. The standard InChI is InChI=1S/C12H13N3O/c1-8-6-9(2)10(14-7-8)11(16)12-13-4-5-15(12)3/h4-7H,1-3H3. The van der Waals surface area contributed by atoms with Crippen molar-refractivity contribution in [1.82, 2.24) is 14.5 Å². The molecule has 2 aromatic rings. The van der Waals surface area contributed by atoms with Gasteiger partial charge in [0.1, 0.15) is 5.69 Å². The second-order valence-electron chi connectivity index (χ2n) is 3.87. The summed E-state index contributed by atoms with van der Waals surface area (Å²) in [4.78, 5) is 20.3. The predicted octanol–water partition coefficient (Wildman–Crippen LogP) is 1.66. The summed E-state index contributed by atoms with van der Waals surface area (Å²) in [6.07, 6.45) is 5.05. The monoisotopic (exact) mass is 215 g/mol. The van der Waals surface area contributed by atoms with Crippen molar-refractivity contribution in [2.75, 3.05) is 0 Å². The molecule has 0 aliphatic carbocycles. The fourth-order valence-electron chi connectivity index (χ4n) is 1.64. The fourth-order valence-corrected chi connectivity index (χ4v) is 1.64. The van der Waals surface area contributed by atoms with E-state index in [0.29, 0.717) is 11.5 Å².